The molecule has 0 radical (unpaired) electrons. The lowest BCUT2D eigenvalue weighted by Gasteiger charge is -2.02. The third-order valence-electron chi connectivity index (χ3n) is 2.04. The number of pyridine rings is 1. The van der Waals surface area contributed by atoms with Gasteiger partial charge in [-0.05, 0) is 18.2 Å². The molecule has 0 fully saturated rings. The molecule has 0 unspecified atom stereocenters. The summed E-state index contributed by atoms with van der Waals surface area (Å²) in [5.74, 6) is 0.119. The fraction of sp³-hybridized carbons (Fsp3) is 0. The number of nitrogens with zero attached hydrogens (tertiary/aromatic N) is 2. The number of aromatic nitrogens is 1. The SMILES string of the molecule is Nc1cc([N+](=O)[O-])cc(Sc2cccc(Cl)c2)n1. The highest BCUT2D eigenvalue weighted by atomic mass is 35.5. The molecule has 1 aromatic carbocycles. The van der Waals surface area contributed by atoms with E-state index >= 15 is 0 Å². The van der Waals surface area contributed by atoms with Gasteiger partial charge in [-0.2, -0.15) is 0 Å². The highest BCUT2D eigenvalue weighted by Crippen LogP contribution is 2.30. The Kier molecular flexibility index (Phi) is 3.69. The Labute approximate surface area is 112 Å². The molecular weight excluding hydrogens is 274 g/mol. The van der Waals surface area contributed by atoms with Gasteiger partial charge in [-0.25, -0.2) is 4.98 Å². The van der Waals surface area contributed by atoms with Crippen molar-refractivity contribution >= 4 is 34.9 Å². The Morgan fingerprint density at radius 2 is 2.11 bits per heavy atom. The van der Waals surface area contributed by atoms with Crippen LogP contribution in [0.1, 0.15) is 0 Å². The van der Waals surface area contributed by atoms with E-state index in [0.29, 0.717) is 10.0 Å². The van der Waals surface area contributed by atoms with Gasteiger partial charge in [-0.3, -0.25) is 10.1 Å². The van der Waals surface area contributed by atoms with Crippen LogP contribution in [-0.2, 0) is 0 Å². The van der Waals surface area contributed by atoms with Crippen molar-refractivity contribution in [2.45, 2.75) is 9.92 Å². The average molecular weight is 282 g/mol. The summed E-state index contributed by atoms with van der Waals surface area (Å²) in [7, 11) is 0. The lowest BCUT2D eigenvalue weighted by atomic mass is 10.4. The fourth-order valence-electron chi connectivity index (χ4n) is 1.32. The number of nitrogen functional groups attached to an aromatic ring is 1. The Bertz CT molecular complexity index is 607. The van der Waals surface area contributed by atoms with Crippen molar-refractivity contribution in [3.8, 4) is 0 Å². The van der Waals surface area contributed by atoms with Gasteiger partial charge < -0.3 is 5.73 Å². The molecular formula is C11H8ClN3O2S. The van der Waals surface area contributed by atoms with Gasteiger partial charge in [-0.15, -0.1) is 0 Å². The smallest absolute Gasteiger partial charge is 0.275 e. The van der Waals surface area contributed by atoms with Gasteiger partial charge in [0.25, 0.3) is 5.69 Å². The Hall–Kier alpha value is -1.79. The molecule has 0 aliphatic rings. The van der Waals surface area contributed by atoms with E-state index in [1.165, 1.54) is 23.9 Å². The van der Waals surface area contributed by atoms with Crippen LogP contribution in [0.25, 0.3) is 0 Å². The zero-order valence-electron chi connectivity index (χ0n) is 9.04. The van der Waals surface area contributed by atoms with Gasteiger partial charge in [-0.1, -0.05) is 29.4 Å². The van der Waals surface area contributed by atoms with E-state index in [0.717, 1.165) is 4.90 Å². The molecule has 0 aliphatic heterocycles. The van der Waals surface area contributed by atoms with Crippen LogP contribution >= 0.6 is 23.4 Å². The molecule has 2 rings (SSSR count). The highest BCUT2D eigenvalue weighted by Gasteiger charge is 2.10. The van der Waals surface area contributed by atoms with Crippen LogP contribution in [0.2, 0.25) is 5.02 Å². The molecule has 7 heteroatoms. The van der Waals surface area contributed by atoms with Crippen LogP contribution < -0.4 is 5.73 Å². The maximum absolute atomic E-state index is 10.7. The molecule has 0 aliphatic carbocycles. The molecule has 92 valence electrons. The lowest BCUT2D eigenvalue weighted by molar-refractivity contribution is -0.385. The first-order valence-corrected chi connectivity index (χ1v) is 6.09. The predicted octanol–water partition coefficient (Wildman–Crippen LogP) is 3.38. The molecule has 2 aromatic rings. The Morgan fingerprint density at radius 1 is 1.33 bits per heavy atom. The van der Waals surface area contributed by atoms with Crippen molar-refractivity contribution in [3.63, 3.8) is 0 Å². The van der Waals surface area contributed by atoms with Crippen molar-refractivity contribution in [3.05, 3.63) is 51.5 Å². The first-order chi connectivity index (χ1) is 8.54. The van der Waals surface area contributed by atoms with Gasteiger partial charge in [0, 0.05) is 16.0 Å². The van der Waals surface area contributed by atoms with Gasteiger partial charge >= 0.3 is 0 Å². The molecule has 0 saturated heterocycles. The number of hydrogen-bond acceptors (Lipinski definition) is 5. The van der Waals surface area contributed by atoms with E-state index in [1.807, 2.05) is 6.07 Å². The molecule has 0 bridgehead atoms. The van der Waals surface area contributed by atoms with Gasteiger partial charge in [0.05, 0.1) is 11.0 Å². The number of anilines is 1. The van der Waals surface area contributed by atoms with E-state index in [-0.39, 0.29) is 11.5 Å². The summed E-state index contributed by atoms with van der Waals surface area (Å²) in [4.78, 5) is 15.1. The quantitative estimate of drug-likeness (QED) is 0.689. The standard InChI is InChI=1S/C11H8ClN3O2S/c12-7-2-1-3-9(4-7)18-11-6-8(15(16)17)5-10(13)14-11/h1-6H,(H2,13,14). The maximum Gasteiger partial charge on any atom is 0.275 e. The lowest BCUT2D eigenvalue weighted by Crippen LogP contribution is -1.95. The Morgan fingerprint density at radius 3 is 2.78 bits per heavy atom. The second-order valence-corrected chi connectivity index (χ2v) is 4.94. The summed E-state index contributed by atoms with van der Waals surface area (Å²) in [6.45, 7) is 0. The molecule has 0 saturated carbocycles. The normalized spacial score (nSPS) is 10.3. The number of benzene rings is 1. The Balaban J connectivity index is 2.31. The number of halogens is 1. The molecule has 2 N–H and O–H groups in total. The zero-order chi connectivity index (χ0) is 13.1. The van der Waals surface area contributed by atoms with Crippen molar-refractivity contribution in [2.24, 2.45) is 0 Å². The largest absolute Gasteiger partial charge is 0.383 e. The molecule has 0 amide bonds. The van der Waals surface area contributed by atoms with E-state index in [4.69, 9.17) is 17.3 Å². The number of nitrogens with two attached hydrogens (primary N) is 1. The first kappa shape index (κ1) is 12.7. The summed E-state index contributed by atoms with van der Waals surface area (Å²) < 4.78 is 0. The zero-order valence-corrected chi connectivity index (χ0v) is 10.6. The summed E-state index contributed by atoms with van der Waals surface area (Å²) in [6.07, 6.45) is 0. The van der Waals surface area contributed by atoms with E-state index in [2.05, 4.69) is 4.98 Å². The van der Waals surface area contributed by atoms with Crippen LogP contribution in [0.4, 0.5) is 11.5 Å². The van der Waals surface area contributed by atoms with Crippen LogP contribution in [0.15, 0.2) is 46.3 Å². The summed E-state index contributed by atoms with van der Waals surface area (Å²) in [6, 6.07) is 9.74. The van der Waals surface area contributed by atoms with Crippen LogP contribution in [0.5, 0.6) is 0 Å². The predicted molar refractivity (Wildman–Crippen MR) is 70.9 cm³/mol. The van der Waals surface area contributed by atoms with E-state index < -0.39 is 4.92 Å². The third-order valence-corrected chi connectivity index (χ3v) is 3.18. The molecule has 1 heterocycles. The van der Waals surface area contributed by atoms with Crippen molar-refractivity contribution in [1.29, 1.82) is 0 Å². The second-order valence-electron chi connectivity index (χ2n) is 3.40. The van der Waals surface area contributed by atoms with E-state index in [1.54, 1.807) is 18.2 Å². The topological polar surface area (TPSA) is 82.0 Å². The maximum atomic E-state index is 10.7. The van der Waals surface area contributed by atoms with Crippen molar-refractivity contribution < 1.29 is 4.92 Å². The molecule has 1 aromatic heterocycles. The van der Waals surface area contributed by atoms with Crippen LogP contribution in [0, 0.1) is 10.1 Å². The monoisotopic (exact) mass is 281 g/mol. The third kappa shape index (κ3) is 3.12. The van der Waals surface area contributed by atoms with Crippen molar-refractivity contribution in [1.82, 2.24) is 4.98 Å². The highest BCUT2D eigenvalue weighted by molar-refractivity contribution is 7.99. The van der Waals surface area contributed by atoms with Crippen molar-refractivity contribution in [2.75, 3.05) is 5.73 Å². The minimum atomic E-state index is -0.500. The minimum absolute atomic E-state index is 0.0768. The number of hydrogen-bond donors (Lipinski definition) is 1. The molecule has 0 atom stereocenters. The fourth-order valence-corrected chi connectivity index (χ4v) is 2.48. The van der Waals surface area contributed by atoms with Gasteiger partial charge in [0.15, 0.2) is 0 Å². The summed E-state index contributed by atoms with van der Waals surface area (Å²) >= 11 is 7.12. The van der Waals surface area contributed by atoms with Gasteiger partial charge in [0.2, 0.25) is 0 Å². The van der Waals surface area contributed by atoms with Crippen LogP contribution in [-0.4, -0.2) is 9.91 Å². The van der Waals surface area contributed by atoms with E-state index in [9.17, 15) is 10.1 Å². The minimum Gasteiger partial charge on any atom is -0.383 e. The second kappa shape index (κ2) is 5.24. The molecule has 18 heavy (non-hydrogen) atoms. The average Bonchev–Trinajstić information content (AvgIpc) is 2.28. The molecule has 5 nitrogen and oxygen atoms in total. The number of nitro groups is 1. The molecule has 0 spiro atoms. The van der Waals surface area contributed by atoms with Gasteiger partial charge in [0.1, 0.15) is 10.8 Å². The first-order valence-electron chi connectivity index (χ1n) is 4.90. The van der Waals surface area contributed by atoms with Crippen LogP contribution in [0.3, 0.4) is 0 Å². The summed E-state index contributed by atoms with van der Waals surface area (Å²) in [5, 5.41) is 11.8. The number of rotatable bonds is 3. The summed E-state index contributed by atoms with van der Waals surface area (Å²) in [5.41, 5.74) is 5.45.